The van der Waals surface area contributed by atoms with Gasteiger partial charge in [0.2, 0.25) is 0 Å². The molecule has 0 atom stereocenters. The average Bonchev–Trinajstić information content (AvgIpc) is 2.94. The minimum absolute atomic E-state index is 0.0836. The van der Waals surface area contributed by atoms with Crippen molar-refractivity contribution in [1.82, 2.24) is 4.98 Å². The van der Waals surface area contributed by atoms with Crippen LogP contribution in [0.4, 0.5) is 17.2 Å². The largest absolute Gasteiger partial charge is 0.478 e. The highest BCUT2D eigenvalue weighted by Crippen LogP contribution is 2.29. The van der Waals surface area contributed by atoms with E-state index < -0.39 is 16.0 Å². The van der Waals surface area contributed by atoms with Crippen LogP contribution in [0.1, 0.15) is 34.0 Å². The van der Waals surface area contributed by atoms with Crippen molar-refractivity contribution in [2.24, 2.45) is 0 Å². The van der Waals surface area contributed by atoms with Crippen LogP contribution >= 0.6 is 0 Å². The Morgan fingerprint density at radius 3 is 2.31 bits per heavy atom. The number of rotatable bonds is 7. The Hall–Kier alpha value is -4.11. The standard InChI is InChI=1S/C30H32N4O4S/c1-4-22-8-11-24(12-9-22)39(37,38)32-23-10-13-27-25(18-23)26(30(35)36)19-29(31-27)34-16-14-33(15-17-34)28-7-5-6-20(2)21(28)3/h5-13,18-19,32H,4,14-17H2,1-3H3,(H,35,36). The van der Waals surface area contributed by atoms with Crippen molar-refractivity contribution in [2.45, 2.75) is 32.1 Å². The molecule has 1 aliphatic heterocycles. The second-order valence-corrected chi connectivity index (χ2v) is 11.5. The fourth-order valence-corrected chi connectivity index (χ4v) is 6.04. The monoisotopic (exact) mass is 544 g/mol. The average molecular weight is 545 g/mol. The summed E-state index contributed by atoms with van der Waals surface area (Å²) in [6.45, 7) is 9.26. The number of carboxylic acids is 1. The number of carbonyl (C=O) groups is 1. The van der Waals surface area contributed by atoms with E-state index in [-0.39, 0.29) is 16.1 Å². The van der Waals surface area contributed by atoms with Gasteiger partial charge in [0, 0.05) is 42.9 Å². The molecule has 5 rings (SSSR count). The van der Waals surface area contributed by atoms with Crippen molar-refractivity contribution in [1.29, 1.82) is 0 Å². The van der Waals surface area contributed by atoms with Gasteiger partial charge in [0.25, 0.3) is 10.0 Å². The summed E-state index contributed by atoms with van der Waals surface area (Å²) in [6, 6.07) is 19.4. The molecule has 9 heteroatoms. The van der Waals surface area contributed by atoms with Crippen LogP contribution in [0.25, 0.3) is 10.9 Å². The first-order chi connectivity index (χ1) is 18.7. The van der Waals surface area contributed by atoms with Crippen LogP contribution in [-0.4, -0.2) is 50.7 Å². The molecule has 39 heavy (non-hydrogen) atoms. The molecular weight excluding hydrogens is 512 g/mol. The van der Waals surface area contributed by atoms with Gasteiger partial charge in [0.15, 0.2) is 0 Å². The van der Waals surface area contributed by atoms with Crippen molar-refractivity contribution in [2.75, 3.05) is 40.7 Å². The Morgan fingerprint density at radius 1 is 0.949 bits per heavy atom. The van der Waals surface area contributed by atoms with E-state index in [0.717, 1.165) is 25.1 Å². The number of fused-ring (bicyclic) bond motifs is 1. The maximum absolute atomic E-state index is 12.9. The normalized spacial score (nSPS) is 14.0. The van der Waals surface area contributed by atoms with Gasteiger partial charge in [0.1, 0.15) is 5.82 Å². The number of piperazine rings is 1. The number of aromatic nitrogens is 1. The molecule has 0 saturated carbocycles. The Balaban J connectivity index is 1.39. The first kappa shape index (κ1) is 26.5. The van der Waals surface area contributed by atoms with Crippen LogP contribution in [0.5, 0.6) is 0 Å². The number of aromatic carboxylic acids is 1. The smallest absolute Gasteiger partial charge is 0.336 e. The molecule has 2 N–H and O–H groups in total. The molecule has 1 saturated heterocycles. The molecule has 0 amide bonds. The summed E-state index contributed by atoms with van der Waals surface area (Å²) in [4.78, 5) is 21.6. The second-order valence-electron chi connectivity index (χ2n) is 9.86. The number of hydrogen-bond acceptors (Lipinski definition) is 6. The third kappa shape index (κ3) is 5.40. The quantitative estimate of drug-likeness (QED) is 0.328. The number of nitrogens with zero attached hydrogens (tertiary/aromatic N) is 3. The van der Waals surface area contributed by atoms with E-state index in [1.165, 1.54) is 22.9 Å². The molecule has 0 aliphatic carbocycles. The van der Waals surface area contributed by atoms with Crippen LogP contribution in [0.3, 0.4) is 0 Å². The number of carboxylic acid groups (broad SMARTS) is 1. The summed E-state index contributed by atoms with van der Waals surface area (Å²) in [5.74, 6) is -0.488. The topological polar surface area (TPSA) is 103 Å². The van der Waals surface area contributed by atoms with E-state index in [0.29, 0.717) is 29.8 Å². The zero-order valence-electron chi connectivity index (χ0n) is 22.3. The molecule has 0 bridgehead atoms. The van der Waals surface area contributed by atoms with Crippen molar-refractivity contribution in [3.8, 4) is 0 Å². The highest BCUT2D eigenvalue weighted by Gasteiger charge is 2.23. The Morgan fingerprint density at radius 2 is 1.64 bits per heavy atom. The van der Waals surface area contributed by atoms with Crippen molar-refractivity contribution in [3.05, 3.63) is 89.0 Å². The van der Waals surface area contributed by atoms with Crippen LogP contribution in [0.2, 0.25) is 0 Å². The fraction of sp³-hybridized carbons (Fsp3) is 0.267. The minimum atomic E-state index is -3.83. The van der Waals surface area contributed by atoms with Crippen molar-refractivity contribution >= 4 is 44.1 Å². The zero-order valence-corrected chi connectivity index (χ0v) is 23.1. The molecule has 1 aromatic heterocycles. The number of benzene rings is 3. The molecule has 4 aromatic rings. The first-order valence-corrected chi connectivity index (χ1v) is 14.5. The van der Waals surface area contributed by atoms with E-state index >= 15 is 0 Å². The zero-order chi connectivity index (χ0) is 27.7. The number of pyridine rings is 1. The van der Waals surface area contributed by atoms with Crippen LogP contribution in [0.15, 0.2) is 71.6 Å². The molecule has 3 aromatic carbocycles. The lowest BCUT2D eigenvalue weighted by atomic mass is 10.1. The molecule has 0 radical (unpaired) electrons. The molecule has 8 nitrogen and oxygen atoms in total. The minimum Gasteiger partial charge on any atom is -0.478 e. The SMILES string of the molecule is CCc1ccc(S(=O)(=O)Nc2ccc3nc(N4CCN(c5cccc(C)c5C)CC4)cc(C(=O)O)c3c2)cc1. The highest BCUT2D eigenvalue weighted by atomic mass is 32.2. The third-order valence-corrected chi connectivity index (χ3v) is 8.84. The van der Waals surface area contributed by atoms with Crippen LogP contribution in [0, 0.1) is 13.8 Å². The van der Waals surface area contributed by atoms with E-state index in [1.807, 2.05) is 6.92 Å². The molecule has 2 heterocycles. The first-order valence-electron chi connectivity index (χ1n) is 13.0. The molecule has 1 fully saturated rings. The van der Waals surface area contributed by atoms with E-state index in [1.54, 1.807) is 42.5 Å². The Labute approximate surface area is 229 Å². The summed E-state index contributed by atoms with van der Waals surface area (Å²) < 4.78 is 28.4. The van der Waals surface area contributed by atoms with Gasteiger partial charge >= 0.3 is 5.97 Å². The van der Waals surface area contributed by atoms with Gasteiger partial charge in [-0.15, -0.1) is 0 Å². The number of hydrogen-bond donors (Lipinski definition) is 2. The van der Waals surface area contributed by atoms with Gasteiger partial charge in [-0.25, -0.2) is 18.2 Å². The van der Waals surface area contributed by atoms with Gasteiger partial charge < -0.3 is 14.9 Å². The summed E-state index contributed by atoms with van der Waals surface area (Å²) in [7, 11) is -3.83. The molecule has 0 spiro atoms. The predicted molar refractivity (Wildman–Crippen MR) is 156 cm³/mol. The van der Waals surface area contributed by atoms with Gasteiger partial charge in [-0.2, -0.15) is 0 Å². The van der Waals surface area contributed by atoms with E-state index in [9.17, 15) is 18.3 Å². The Bertz CT molecular complexity index is 1640. The Kier molecular flexibility index (Phi) is 7.18. The number of anilines is 3. The highest BCUT2D eigenvalue weighted by molar-refractivity contribution is 7.92. The lowest BCUT2D eigenvalue weighted by molar-refractivity contribution is 0.0699. The number of nitrogens with one attached hydrogen (secondary N) is 1. The van der Waals surface area contributed by atoms with Crippen LogP contribution in [-0.2, 0) is 16.4 Å². The van der Waals surface area contributed by atoms with Gasteiger partial charge in [-0.1, -0.05) is 31.2 Å². The maximum Gasteiger partial charge on any atom is 0.336 e. The van der Waals surface area contributed by atoms with Gasteiger partial charge in [-0.05, 0) is 79.4 Å². The van der Waals surface area contributed by atoms with E-state index in [2.05, 4.69) is 46.6 Å². The van der Waals surface area contributed by atoms with Crippen molar-refractivity contribution < 1.29 is 18.3 Å². The number of sulfonamides is 1. The molecular formula is C30H32N4O4S. The lowest BCUT2D eigenvalue weighted by Crippen LogP contribution is -2.47. The summed E-state index contributed by atoms with van der Waals surface area (Å²) in [5.41, 5.74) is 5.65. The molecule has 0 unspecified atom stereocenters. The summed E-state index contributed by atoms with van der Waals surface area (Å²) >= 11 is 0. The second kappa shape index (κ2) is 10.6. The van der Waals surface area contributed by atoms with Crippen LogP contribution < -0.4 is 14.5 Å². The van der Waals surface area contributed by atoms with Gasteiger partial charge in [-0.3, -0.25) is 4.72 Å². The van der Waals surface area contributed by atoms with E-state index in [4.69, 9.17) is 4.98 Å². The fourth-order valence-electron chi connectivity index (χ4n) is 4.99. The molecule has 202 valence electrons. The lowest BCUT2D eigenvalue weighted by Gasteiger charge is -2.37. The maximum atomic E-state index is 12.9. The summed E-state index contributed by atoms with van der Waals surface area (Å²) in [6.07, 6.45) is 0.813. The third-order valence-electron chi connectivity index (χ3n) is 7.44. The van der Waals surface area contributed by atoms with Crippen molar-refractivity contribution in [3.63, 3.8) is 0 Å². The number of aryl methyl sites for hydroxylation is 2. The predicted octanol–water partition coefficient (Wildman–Crippen LogP) is 5.24. The van der Waals surface area contributed by atoms with Gasteiger partial charge in [0.05, 0.1) is 16.0 Å². The summed E-state index contributed by atoms with van der Waals surface area (Å²) in [5, 5.41) is 10.4. The molecule has 1 aliphatic rings.